The summed E-state index contributed by atoms with van der Waals surface area (Å²) in [5.74, 6) is 0.794. The number of anilines is 1. The van der Waals surface area contributed by atoms with Crippen LogP contribution >= 0.6 is 12.2 Å². The van der Waals surface area contributed by atoms with Crippen LogP contribution in [0.1, 0.15) is 30.7 Å². The third-order valence-corrected chi connectivity index (χ3v) is 3.43. The zero-order valence-electron chi connectivity index (χ0n) is 12.4. The van der Waals surface area contributed by atoms with E-state index >= 15 is 0 Å². The minimum absolute atomic E-state index is 0.393. The number of thiocarbonyl (C=S) groups is 1. The van der Waals surface area contributed by atoms with E-state index in [1.54, 1.807) is 0 Å². The van der Waals surface area contributed by atoms with Crippen molar-refractivity contribution in [3.8, 4) is 0 Å². The Kier molecular flexibility index (Phi) is 5.69. The van der Waals surface area contributed by atoms with Gasteiger partial charge in [-0.1, -0.05) is 12.2 Å². The van der Waals surface area contributed by atoms with Crippen LogP contribution in [0.3, 0.4) is 0 Å². The van der Waals surface area contributed by atoms with E-state index in [1.165, 1.54) is 0 Å². The number of nitrogens with two attached hydrogens (primary N) is 1. The molecule has 1 aromatic rings. The zero-order valence-corrected chi connectivity index (χ0v) is 13.3. The van der Waals surface area contributed by atoms with Gasteiger partial charge in [-0.05, 0) is 46.4 Å². The van der Waals surface area contributed by atoms with Crippen molar-refractivity contribution in [2.24, 2.45) is 5.73 Å². The lowest BCUT2D eigenvalue weighted by Gasteiger charge is -2.21. The maximum Gasteiger partial charge on any atom is 0.136 e. The Morgan fingerprint density at radius 1 is 1.47 bits per heavy atom. The lowest BCUT2D eigenvalue weighted by atomic mass is 10.1. The van der Waals surface area contributed by atoms with Crippen LogP contribution in [-0.2, 0) is 0 Å². The van der Waals surface area contributed by atoms with Gasteiger partial charge in [0.05, 0.1) is 5.56 Å². The van der Waals surface area contributed by atoms with Crippen LogP contribution in [0.5, 0.6) is 0 Å². The smallest absolute Gasteiger partial charge is 0.136 e. The Morgan fingerprint density at radius 2 is 2.11 bits per heavy atom. The molecule has 0 spiro atoms. The summed E-state index contributed by atoms with van der Waals surface area (Å²) in [7, 11) is 2.11. The van der Waals surface area contributed by atoms with Gasteiger partial charge in [0.2, 0.25) is 0 Å². The van der Waals surface area contributed by atoms with Gasteiger partial charge in [0, 0.05) is 24.8 Å². The molecular formula is C14H24N4S. The van der Waals surface area contributed by atoms with E-state index in [4.69, 9.17) is 18.0 Å². The lowest BCUT2D eigenvalue weighted by molar-refractivity contribution is 0.284. The monoisotopic (exact) mass is 280 g/mol. The Hall–Kier alpha value is -1.20. The van der Waals surface area contributed by atoms with Crippen molar-refractivity contribution < 1.29 is 0 Å². The summed E-state index contributed by atoms with van der Waals surface area (Å²) < 4.78 is 0. The molecule has 0 saturated carbocycles. The van der Waals surface area contributed by atoms with Gasteiger partial charge in [-0.2, -0.15) is 0 Å². The van der Waals surface area contributed by atoms with E-state index < -0.39 is 0 Å². The Morgan fingerprint density at radius 3 is 2.63 bits per heavy atom. The highest BCUT2D eigenvalue weighted by Gasteiger charge is 2.11. The molecule has 0 aromatic carbocycles. The summed E-state index contributed by atoms with van der Waals surface area (Å²) >= 11 is 5.11. The van der Waals surface area contributed by atoms with Crippen molar-refractivity contribution in [3.05, 3.63) is 22.9 Å². The molecule has 1 rings (SSSR count). The lowest BCUT2D eigenvalue weighted by Crippen LogP contribution is -2.31. The number of aromatic nitrogens is 1. The maximum absolute atomic E-state index is 5.79. The third-order valence-electron chi connectivity index (χ3n) is 3.23. The number of likely N-dealkylation sites (N-methyl/N-ethyl adjacent to an activating group) is 1. The zero-order chi connectivity index (χ0) is 14.6. The molecule has 0 aliphatic carbocycles. The Bertz CT molecular complexity index is 457. The van der Waals surface area contributed by atoms with Crippen molar-refractivity contribution in [1.82, 2.24) is 9.88 Å². The fourth-order valence-electron chi connectivity index (χ4n) is 1.88. The van der Waals surface area contributed by atoms with Gasteiger partial charge in [0.1, 0.15) is 10.8 Å². The second kappa shape index (κ2) is 6.82. The van der Waals surface area contributed by atoms with Crippen molar-refractivity contribution >= 4 is 23.0 Å². The van der Waals surface area contributed by atoms with Crippen LogP contribution in [0, 0.1) is 13.8 Å². The minimum Gasteiger partial charge on any atom is -0.389 e. The molecule has 0 saturated heterocycles. The van der Waals surface area contributed by atoms with E-state index in [2.05, 4.69) is 36.1 Å². The Labute approximate surface area is 121 Å². The van der Waals surface area contributed by atoms with Crippen LogP contribution in [0.15, 0.2) is 6.07 Å². The second-order valence-electron chi connectivity index (χ2n) is 5.17. The minimum atomic E-state index is 0.393. The largest absolute Gasteiger partial charge is 0.389 e. The summed E-state index contributed by atoms with van der Waals surface area (Å²) in [6.45, 7) is 10.1. The average Bonchev–Trinajstić information content (AvgIpc) is 2.26. The number of pyridine rings is 1. The summed E-state index contributed by atoms with van der Waals surface area (Å²) in [5.41, 5.74) is 8.68. The predicted molar refractivity (Wildman–Crippen MR) is 85.9 cm³/mol. The van der Waals surface area contributed by atoms with Gasteiger partial charge in [-0.3, -0.25) is 0 Å². The average molecular weight is 280 g/mol. The van der Waals surface area contributed by atoms with E-state index in [0.29, 0.717) is 11.0 Å². The highest BCUT2D eigenvalue weighted by Crippen LogP contribution is 2.18. The molecule has 1 heterocycles. The van der Waals surface area contributed by atoms with Gasteiger partial charge >= 0.3 is 0 Å². The van der Waals surface area contributed by atoms with E-state index in [0.717, 1.165) is 35.7 Å². The quantitative estimate of drug-likeness (QED) is 0.782. The highest BCUT2D eigenvalue weighted by molar-refractivity contribution is 7.80. The summed E-state index contributed by atoms with van der Waals surface area (Å²) in [6.07, 6.45) is 0. The SMILES string of the molecule is Cc1cc(C)c(C(N)=S)c(NCCN(C)C(C)C)n1. The number of nitrogens with one attached hydrogen (secondary N) is 1. The van der Waals surface area contributed by atoms with Crippen molar-refractivity contribution in [1.29, 1.82) is 0 Å². The normalized spacial score (nSPS) is 11.1. The summed E-state index contributed by atoms with van der Waals surface area (Å²) in [4.78, 5) is 7.17. The number of nitrogens with zero attached hydrogens (tertiary/aromatic N) is 2. The second-order valence-corrected chi connectivity index (χ2v) is 5.61. The molecule has 0 atom stereocenters. The molecular weight excluding hydrogens is 256 g/mol. The molecule has 0 fully saturated rings. The molecule has 1 aromatic heterocycles. The van der Waals surface area contributed by atoms with Crippen LogP contribution in [0.25, 0.3) is 0 Å². The summed E-state index contributed by atoms with van der Waals surface area (Å²) in [6, 6.07) is 2.53. The van der Waals surface area contributed by atoms with E-state index in [-0.39, 0.29) is 0 Å². The van der Waals surface area contributed by atoms with Crippen molar-refractivity contribution in [2.75, 3.05) is 25.5 Å². The van der Waals surface area contributed by atoms with Crippen LogP contribution in [-0.4, -0.2) is 41.1 Å². The van der Waals surface area contributed by atoms with Gasteiger partial charge in [0.25, 0.3) is 0 Å². The van der Waals surface area contributed by atoms with Gasteiger partial charge < -0.3 is 16.0 Å². The van der Waals surface area contributed by atoms with E-state index in [1.807, 2.05) is 19.9 Å². The molecule has 3 N–H and O–H groups in total. The highest BCUT2D eigenvalue weighted by atomic mass is 32.1. The predicted octanol–water partition coefficient (Wildman–Crippen LogP) is 2.08. The van der Waals surface area contributed by atoms with Crippen molar-refractivity contribution in [2.45, 2.75) is 33.7 Å². The van der Waals surface area contributed by atoms with Crippen LogP contribution in [0.2, 0.25) is 0 Å². The number of hydrogen-bond donors (Lipinski definition) is 2. The van der Waals surface area contributed by atoms with Crippen LogP contribution < -0.4 is 11.1 Å². The molecule has 19 heavy (non-hydrogen) atoms. The molecule has 0 amide bonds. The number of hydrogen-bond acceptors (Lipinski definition) is 4. The molecule has 0 radical (unpaired) electrons. The summed E-state index contributed by atoms with van der Waals surface area (Å²) in [5, 5.41) is 3.34. The first-order valence-corrected chi connectivity index (χ1v) is 6.96. The fraction of sp³-hybridized carbons (Fsp3) is 0.571. The van der Waals surface area contributed by atoms with Crippen LogP contribution in [0.4, 0.5) is 5.82 Å². The molecule has 5 heteroatoms. The standard InChI is InChI=1S/C14H24N4S/c1-9(2)18(5)7-6-16-14-12(13(15)19)10(3)8-11(4)17-14/h8-9H,6-7H2,1-5H3,(H2,15,19)(H,16,17). The molecule has 0 bridgehead atoms. The molecule has 0 aliphatic rings. The molecule has 106 valence electrons. The van der Waals surface area contributed by atoms with Gasteiger partial charge in [-0.15, -0.1) is 0 Å². The first kappa shape index (κ1) is 15.9. The molecule has 0 unspecified atom stereocenters. The molecule has 4 nitrogen and oxygen atoms in total. The van der Waals surface area contributed by atoms with Gasteiger partial charge in [-0.25, -0.2) is 4.98 Å². The van der Waals surface area contributed by atoms with E-state index in [9.17, 15) is 0 Å². The topological polar surface area (TPSA) is 54.2 Å². The fourth-order valence-corrected chi connectivity index (χ4v) is 2.14. The maximum atomic E-state index is 5.79. The first-order valence-electron chi connectivity index (χ1n) is 6.55. The Balaban J connectivity index is 2.80. The van der Waals surface area contributed by atoms with Gasteiger partial charge in [0.15, 0.2) is 0 Å². The number of aryl methyl sites for hydroxylation is 2. The molecule has 0 aliphatic heterocycles. The third kappa shape index (κ3) is 4.44. The number of rotatable bonds is 6. The first-order chi connectivity index (χ1) is 8.82. The van der Waals surface area contributed by atoms with Crippen molar-refractivity contribution in [3.63, 3.8) is 0 Å².